The molecule has 0 aromatic heterocycles. The van der Waals surface area contributed by atoms with Crippen molar-refractivity contribution in [3.63, 3.8) is 0 Å². The largest absolute Gasteiger partial charge is 0.477 e. The molecule has 0 bridgehead atoms. The fraction of sp³-hybridized carbons (Fsp3) is 0.692. The molecule has 20 heavy (non-hydrogen) atoms. The van der Waals surface area contributed by atoms with Crippen molar-refractivity contribution >= 4 is 23.6 Å². The molecule has 1 amide bonds. The summed E-state index contributed by atoms with van der Waals surface area (Å²) in [5.41, 5.74) is -0.828. The van der Waals surface area contributed by atoms with Crippen LogP contribution in [0.1, 0.15) is 20.3 Å². The lowest BCUT2D eigenvalue weighted by Gasteiger charge is -2.52. The van der Waals surface area contributed by atoms with E-state index in [-0.39, 0.29) is 22.9 Å². The van der Waals surface area contributed by atoms with Crippen LogP contribution >= 0.6 is 11.8 Å². The van der Waals surface area contributed by atoms with Crippen LogP contribution in [0, 0.1) is 11.3 Å². The van der Waals surface area contributed by atoms with Crippen molar-refractivity contribution < 1.29 is 24.5 Å². The second-order valence-corrected chi connectivity index (χ2v) is 6.80. The minimum atomic E-state index is -1.08. The van der Waals surface area contributed by atoms with E-state index in [0.717, 1.165) is 11.3 Å². The Balaban J connectivity index is 1.96. The first-order valence-corrected chi connectivity index (χ1v) is 7.50. The van der Waals surface area contributed by atoms with Gasteiger partial charge < -0.3 is 14.9 Å². The van der Waals surface area contributed by atoms with Crippen LogP contribution in [0.2, 0.25) is 0 Å². The molecule has 0 radical (unpaired) electrons. The fourth-order valence-electron chi connectivity index (χ4n) is 2.99. The Kier molecular flexibility index (Phi) is 3.11. The van der Waals surface area contributed by atoms with Crippen LogP contribution in [0.15, 0.2) is 10.6 Å². The summed E-state index contributed by atoms with van der Waals surface area (Å²) in [5, 5.41) is 19.0. The number of aliphatic hydroxyl groups excluding tert-OH is 1. The Bertz CT molecular complexity index is 511. The molecule has 2 N–H and O–H groups in total. The van der Waals surface area contributed by atoms with Crippen molar-refractivity contribution in [2.45, 2.75) is 31.7 Å². The van der Waals surface area contributed by atoms with Gasteiger partial charge >= 0.3 is 5.97 Å². The molecule has 7 heteroatoms. The lowest BCUT2D eigenvalue weighted by molar-refractivity contribution is -0.170. The van der Waals surface area contributed by atoms with Gasteiger partial charge in [0, 0.05) is 17.4 Å². The molecule has 6 nitrogen and oxygen atoms in total. The fourth-order valence-corrected chi connectivity index (χ4v) is 4.75. The molecule has 0 spiro atoms. The van der Waals surface area contributed by atoms with Gasteiger partial charge in [-0.2, -0.15) is 0 Å². The number of ether oxygens (including phenoxy) is 1. The van der Waals surface area contributed by atoms with Gasteiger partial charge in [-0.25, -0.2) is 4.79 Å². The van der Waals surface area contributed by atoms with Gasteiger partial charge in [-0.15, -0.1) is 11.8 Å². The van der Waals surface area contributed by atoms with Crippen LogP contribution in [-0.2, 0) is 14.3 Å². The van der Waals surface area contributed by atoms with E-state index in [1.54, 1.807) is 13.8 Å². The summed E-state index contributed by atoms with van der Waals surface area (Å²) in [4.78, 5) is 25.9. The monoisotopic (exact) mass is 299 g/mol. The van der Waals surface area contributed by atoms with Gasteiger partial charge in [-0.3, -0.25) is 9.69 Å². The number of nitrogens with zero attached hydrogens (tertiary/aromatic N) is 1. The number of aliphatic carboxylic acids is 1. The summed E-state index contributed by atoms with van der Waals surface area (Å²) in [7, 11) is 0. The van der Waals surface area contributed by atoms with E-state index < -0.39 is 17.5 Å². The van der Waals surface area contributed by atoms with Gasteiger partial charge in [-0.05, 0) is 20.3 Å². The van der Waals surface area contributed by atoms with Crippen molar-refractivity contribution in [1.82, 2.24) is 4.90 Å². The average Bonchev–Trinajstić information content (AvgIpc) is 3.02. The first-order valence-electron chi connectivity index (χ1n) is 6.62. The van der Waals surface area contributed by atoms with Crippen molar-refractivity contribution in [3.8, 4) is 0 Å². The second-order valence-electron chi connectivity index (χ2n) is 5.68. The number of carbonyl (C=O) groups excluding carboxylic acids is 1. The van der Waals surface area contributed by atoms with Crippen LogP contribution in [0.3, 0.4) is 0 Å². The van der Waals surface area contributed by atoms with E-state index in [0.29, 0.717) is 13.2 Å². The lowest BCUT2D eigenvalue weighted by atomic mass is 9.75. The van der Waals surface area contributed by atoms with Gasteiger partial charge in [0.2, 0.25) is 5.91 Å². The summed E-state index contributed by atoms with van der Waals surface area (Å²) in [6.07, 6.45) is -0.0304. The van der Waals surface area contributed by atoms with E-state index >= 15 is 0 Å². The van der Waals surface area contributed by atoms with E-state index in [1.807, 2.05) is 0 Å². The molecule has 0 aromatic carbocycles. The number of fused-ring (bicyclic) bond motifs is 1. The summed E-state index contributed by atoms with van der Waals surface area (Å²) >= 11 is 1.40. The molecule has 0 aliphatic carbocycles. The molecular formula is C13H17NO5S. The first kappa shape index (κ1) is 13.9. The molecule has 0 saturated carbocycles. The number of amides is 1. The third kappa shape index (κ3) is 1.60. The number of carboxylic acids is 1. The SMILES string of the molecule is C[C@@H](O)[C@]1(C)C(=O)N2C(C(=O)O)=C(C3CCOC3)S[C@@H]21. The highest BCUT2D eigenvalue weighted by molar-refractivity contribution is 8.04. The highest BCUT2D eigenvalue weighted by atomic mass is 32.2. The lowest BCUT2D eigenvalue weighted by Crippen LogP contribution is -2.68. The minimum Gasteiger partial charge on any atom is -0.477 e. The molecule has 3 aliphatic rings. The Morgan fingerprint density at radius 3 is 2.80 bits per heavy atom. The number of β-lactam (4-membered cyclic amide) rings is 1. The quantitative estimate of drug-likeness (QED) is 0.743. The third-order valence-electron chi connectivity index (χ3n) is 4.51. The maximum Gasteiger partial charge on any atom is 0.353 e. The standard InChI is InChI=1S/C13H17NO5S/c1-6(15)13(2)11(18)14-8(10(16)17)9(20-12(13)14)7-3-4-19-5-7/h6-7,12,15H,3-5H2,1-2H3,(H,16,17)/t6-,7?,12-,13-/m1/s1. The van der Waals surface area contributed by atoms with E-state index in [9.17, 15) is 19.8 Å². The van der Waals surface area contributed by atoms with Gasteiger partial charge in [0.25, 0.3) is 0 Å². The van der Waals surface area contributed by atoms with E-state index in [2.05, 4.69) is 0 Å². The zero-order valence-corrected chi connectivity index (χ0v) is 12.1. The molecule has 110 valence electrons. The number of hydrogen-bond donors (Lipinski definition) is 2. The zero-order valence-electron chi connectivity index (χ0n) is 11.3. The van der Waals surface area contributed by atoms with Crippen LogP contribution < -0.4 is 0 Å². The topological polar surface area (TPSA) is 87.1 Å². The maximum absolute atomic E-state index is 12.3. The molecule has 3 aliphatic heterocycles. The predicted molar refractivity (Wildman–Crippen MR) is 71.6 cm³/mol. The highest BCUT2D eigenvalue weighted by Crippen LogP contribution is 2.58. The number of carbonyl (C=O) groups is 2. The molecule has 2 saturated heterocycles. The number of aliphatic hydroxyl groups is 1. The molecule has 0 aromatic rings. The van der Waals surface area contributed by atoms with Crippen molar-refractivity contribution in [1.29, 1.82) is 0 Å². The molecule has 3 rings (SSSR count). The number of thioether (sulfide) groups is 1. The normalized spacial score (nSPS) is 38.0. The van der Waals surface area contributed by atoms with Crippen LogP contribution in [0.4, 0.5) is 0 Å². The summed E-state index contributed by atoms with van der Waals surface area (Å²) in [5.74, 6) is -1.35. The predicted octanol–water partition coefficient (Wildman–Crippen LogP) is 0.621. The molecule has 1 unspecified atom stereocenters. The van der Waals surface area contributed by atoms with Crippen molar-refractivity contribution in [3.05, 3.63) is 10.6 Å². The van der Waals surface area contributed by atoms with Gasteiger partial charge in [0.1, 0.15) is 16.5 Å². The van der Waals surface area contributed by atoms with Gasteiger partial charge in [-0.1, -0.05) is 0 Å². The smallest absolute Gasteiger partial charge is 0.353 e. The average molecular weight is 299 g/mol. The first-order chi connectivity index (χ1) is 9.39. The summed E-state index contributed by atoms with van der Waals surface area (Å²) in [6.45, 7) is 4.39. The van der Waals surface area contributed by atoms with Crippen LogP contribution in [0.5, 0.6) is 0 Å². The van der Waals surface area contributed by atoms with Crippen LogP contribution in [0.25, 0.3) is 0 Å². The Hall–Kier alpha value is -1.05. The Morgan fingerprint density at radius 2 is 2.30 bits per heavy atom. The molecule has 4 atom stereocenters. The number of carboxylic acid groups (broad SMARTS) is 1. The van der Waals surface area contributed by atoms with Gasteiger partial charge in [0.05, 0.1) is 12.7 Å². The Morgan fingerprint density at radius 1 is 1.60 bits per heavy atom. The van der Waals surface area contributed by atoms with E-state index in [1.165, 1.54) is 16.7 Å². The van der Waals surface area contributed by atoms with Crippen LogP contribution in [-0.4, -0.2) is 51.7 Å². The van der Waals surface area contributed by atoms with E-state index in [4.69, 9.17) is 4.74 Å². The van der Waals surface area contributed by atoms with Crippen molar-refractivity contribution in [2.24, 2.45) is 11.3 Å². The summed E-state index contributed by atoms with van der Waals surface area (Å²) < 4.78 is 5.32. The molecular weight excluding hydrogens is 282 g/mol. The third-order valence-corrected chi connectivity index (χ3v) is 6.22. The highest BCUT2D eigenvalue weighted by Gasteiger charge is 2.66. The molecule has 2 fully saturated rings. The Labute approximate surface area is 120 Å². The molecule has 3 heterocycles. The zero-order chi connectivity index (χ0) is 14.7. The number of hydrogen-bond acceptors (Lipinski definition) is 5. The maximum atomic E-state index is 12.3. The number of rotatable bonds is 3. The van der Waals surface area contributed by atoms with Gasteiger partial charge in [0.15, 0.2) is 0 Å². The summed E-state index contributed by atoms with van der Waals surface area (Å²) in [6, 6.07) is 0. The van der Waals surface area contributed by atoms with Crippen molar-refractivity contribution in [2.75, 3.05) is 13.2 Å². The minimum absolute atomic E-state index is 0.0442. The second kappa shape index (κ2) is 4.47.